The number of hydrogen-bond donors (Lipinski definition) is 1. The van der Waals surface area contributed by atoms with Crippen LogP contribution in [0, 0.1) is 0 Å². The molecule has 1 N–H and O–H groups in total. The third kappa shape index (κ3) is 2.39. The Morgan fingerprint density at radius 1 is 1.88 bits per heavy atom. The summed E-state index contributed by atoms with van der Waals surface area (Å²) < 4.78 is 0. The first-order valence-corrected chi connectivity index (χ1v) is 2.69. The average Bonchev–Trinajstić information content (AvgIpc) is 1.83. The summed E-state index contributed by atoms with van der Waals surface area (Å²) in [6, 6.07) is 0.285. The molecule has 0 aromatic heterocycles. The van der Waals surface area contributed by atoms with Gasteiger partial charge in [-0.3, -0.25) is 0 Å². The van der Waals surface area contributed by atoms with Crippen molar-refractivity contribution in [3.63, 3.8) is 0 Å². The number of nitrogens with one attached hydrogen (secondary N) is 1. The maximum absolute atomic E-state index is 3.60. The predicted octanol–water partition coefficient (Wildman–Crippen LogP) is 1.16. The molecule has 0 heterocycles. The summed E-state index contributed by atoms with van der Waals surface area (Å²) in [5, 5.41) is 3.51. The standard InChI is InChI=1S/C6H12N2/c1-4-6(5-2)8-7-3/h4,6,8H,1,3,5H2,2H3. The van der Waals surface area contributed by atoms with Gasteiger partial charge in [0.25, 0.3) is 0 Å². The summed E-state index contributed by atoms with van der Waals surface area (Å²) in [5.74, 6) is 0. The van der Waals surface area contributed by atoms with Gasteiger partial charge in [0.2, 0.25) is 0 Å². The lowest BCUT2D eigenvalue weighted by Crippen LogP contribution is -2.19. The third-order valence-electron chi connectivity index (χ3n) is 0.981. The van der Waals surface area contributed by atoms with E-state index in [0.717, 1.165) is 6.42 Å². The van der Waals surface area contributed by atoms with Gasteiger partial charge in [-0.1, -0.05) is 13.0 Å². The van der Waals surface area contributed by atoms with Crippen molar-refractivity contribution in [2.45, 2.75) is 19.4 Å². The molecule has 0 rings (SSSR count). The van der Waals surface area contributed by atoms with Crippen LogP contribution in [0.15, 0.2) is 17.8 Å². The molecule has 0 spiro atoms. The molecule has 8 heavy (non-hydrogen) atoms. The van der Waals surface area contributed by atoms with E-state index >= 15 is 0 Å². The zero-order chi connectivity index (χ0) is 6.41. The van der Waals surface area contributed by atoms with E-state index in [-0.39, 0.29) is 6.04 Å². The van der Waals surface area contributed by atoms with Crippen molar-refractivity contribution in [2.75, 3.05) is 0 Å². The normalized spacial score (nSPS) is 12.1. The molecular formula is C6H12N2. The second kappa shape index (κ2) is 4.37. The molecule has 0 aromatic carbocycles. The fraction of sp³-hybridized carbons (Fsp3) is 0.500. The summed E-state index contributed by atoms with van der Waals surface area (Å²) >= 11 is 0. The van der Waals surface area contributed by atoms with Gasteiger partial charge in [0.15, 0.2) is 0 Å². The van der Waals surface area contributed by atoms with Crippen molar-refractivity contribution in [3.05, 3.63) is 12.7 Å². The molecular weight excluding hydrogens is 100 g/mol. The molecule has 0 aliphatic carbocycles. The Balaban J connectivity index is 3.35. The van der Waals surface area contributed by atoms with Gasteiger partial charge >= 0.3 is 0 Å². The predicted molar refractivity (Wildman–Crippen MR) is 37.0 cm³/mol. The van der Waals surface area contributed by atoms with Crippen molar-refractivity contribution in [1.82, 2.24) is 5.43 Å². The number of nitrogens with zero attached hydrogens (tertiary/aromatic N) is 1. The Morgan fingerprint density at radius 2 is 2.50 bits per heavy atom. The Morgan fingerprint density at radius 3 is 2.62 bits per heavy atom. The van der Waals surface area contributed by atoms with Crippen LogP contribution < -0.4 is 5.43 Å². The fourth-order valence-electron chi connectivity index (χ4n) is 0.428. The topological polar surface area (TPSA) is 24.4 Å². The Labute approximate surface area is 50.3 Å². The van der Waals surface area contributed by atoms with Crippen molar-refractivity contribution in [3.8, 4) is 0 Å². The lowest BCUT2D eigenvalue weighted by Gasteiger charge is -2.05. The molecule has 1 unspecified atom stereocenters. The maximum atomic E-state index is 3.60. The van der Waals surface area contributed by atoms with Gasteiger partial charge < -0.3 is 5.43 Å². The summed E-state index contributed by atoms with van der Waals surface area (Å²) in [6.07, 6.45) is 2.82. The molecule has 0 aromatic rings. The molecule has 0 amide bonds. The zero-order valence-electron chi connectivity index (χ0n) is 5.22. The van der Waals surface area contributed by atoms with Crippen LogP contribution in [0.3, 0.4) is 0 Å². The summed E-state index contributed by atoms with van der Waals surface area (Å²) in [7, 11) is 0. The van der Waals surface area contributed by atoms with E-state index in [4.69, 9.17) is 0 Å². The minimum atomic E-state index is 0.285. The first-order valence-electron chi connectivity index (χ1n) is 2.69. The van der Waals surface area contributed by atoms with Crippen LogP contribution in [0.25, 0.3) is 0 Å². The lowest BCUT2D eigenvalue weighted by molar-refractivity contribution is 0.610. The van der Waals surface area contributed by atoms with E-state index in [1.54, 1.807) is 0 Å². The highest BCUT2D eigenvalue weighted by atomic mass is 15.3. The van der Waals surface area contributed by atoms with Crippen molar-refractivity contribution in [2.24, 2.45) is 5.10 Å². The summed E-state index contributed by atoms with van der Waals surface area (Å²) in [4.78, 5) is 0. The van der Waals surface area contributed by atoms with Crippen LogP contribution in [0.2, 0.25) is 0 Å². The minimum Gasteiger partial charge on any atom is -0.304 e. The molecule has 1 atom stereocenters. The molecule has 0 saturated carbocycles. The number of hydrazone groups is 1. The summed E-state index contributed by atoms with van der Waals surface area (Å²) in [5.41, 5.74) is 2.78. The largest absolute Gasteiger partial charge is 0.304 e. The Bertz CT molecular complexity index is 78.6. The third-order valence-corrected chi connectivity index (χ3v) is 0.981. The molecule has 2 heteroatoms. The maximum Gasteiger partial charge on any atom is 0.0614 e. The second-order valence-corrected chi connectivity index (χ2v) is 1.54. The highest BCUT2D eigenvalue weighted by molar-refractivity contribution is 5.22. The van der Waals surface area contributed by atoms with Crippen LogP contribution in [-0.2, 0) is 0 Å². The summed E-state index contributed by atoms with van der Waals surface area (Å²) in [6.45, 7) is 8.95. The highest BCUT2D eigenvalue weighted by Crippen LogP contribution is 1.88. The van der Waals surface area contributed by atoms with Crippen LogP contribution in [-0.4, -0.2) is 12.8 Å². The first-order chi connectivity index (χ1) is 3.85. The Hall–Kier alpha value is -0.790. The number of rotatable bonds is 4. The first kappa shape index (κ1) is 7.21. The lowest BCUT2D eigenvalue weighted by atomic mass is 10.2. The SMILES string of the molecule is C=CC(CC)NN=C. The van der Waals surface area contributed by atoms with Crippen LogP contribution in [0.5, 0.6) is 0 Å². The molecule has 0 saturated heterocycles. The number of hydrogen-bond acceptors (Lipinski definition) is 2. The molecule has 0 bridgehead atoms. The van der Waals surface area contributed by atoms with Crippen LogP contribution >= 0.6 is 0 Å². The zero-order valence-corrected chi connectivity index (χ0v) is 5.22. The van der Waals surface area contributed by atoms with E-state index in [0.29, 0.717) is 0 Å². The molecule has 0 aliphatic heterocycles. The fourth-order valence-corrected chi connectivity index (χ4v) is 0.428. The molecule has 0 aliphatic rings. The van der Waals surface area contributed by atoms with E-state index in [1.165, 1.54) is 0 Å². The van der Waals surface area contributed by atoms with Crippen LogP contribution in [0.4, 0.5) is 0 Å². The van der Waals surface area contributed by atoms with Gasteiger partial charge in [-0.25, -0.2) is 0 Å². The van der Waals surface area contributed by atoms with Crippen molar-refractivity contribution in [1.29, 1.82) is 0 Å². The van der Waals surface area contributed by atoms with Gasteiger partial charge in [0.1, 0.15) is 0 Å². The van der Waals surface area contributed by atoms with E-state index in [2.05, 4.69) is 30.7 Å². The Kier molecular flexibility index (Phi) is 3.94. The van der Waals surface area contributed by atoms with Gasteiger partial charge in [0.05, 0.1) is 6.04 Å². The van der Waals surface area contributed by atoms with E-state index in [9.17, 15) is 0 Å². The smallest absolute Gasteiger partial charge is 0.0614 e. The van der Waals surface area contributed by atoms with Crippen molar-refractivity contribution < 1.29 is 0 Å². The molecule has 46 valence electrons. The second-order valence-electron chi connectivity index (χ2n) is 1.54. The van der Waals surface area contributed by atoms with Gasteiger partial charge in [-0.15, -0.1) is 6.58 Å². The monoisotopic (exact) mass is 112 g/mol. The van der Waals surface area contributed by atoms with E-state index < -0.39 is 0 Å². The van der Waals surface area contributed by atoms with Crippen LogP contribution in [0.1, 0.15) is 13.3 Å². The van der Waals surface area contributed by atoms with Crippen molar-refractivity contribution >= 4 is 6.72 Å². The van der Waals surface area contributed by atoms with Gasteiger partial charge in [-0.2, -0.15) is 5.10 Å². The van der Waals surface area contributed by atoms with Gasteiger partial charge in [-0.05, 0) is 6.42 Å². The van der Waals surface area contributed by atoms with Gasteiger partial charge in [0, 0.05) is 6.72 Å². The molecule has 2 nitrogen and oxygen atoms in total. The minimum absolute atomic E-state index is 0.285. The molecule has 0 fully saturated rings. The molecule has 0 radical (unpaired) electrons. The average molecular weight is 112 g/mol. The quantitative estimate of drug-likeness (QED) is 0.329. The van der Waals surface area contributed by atoms with E-state index in [1.807, 2.05) is 6.08 Å². The highest BCUT2D eigenvalue weighted by Gasteiger charge is 1.92.